The minimum atomic E-state index is -3.26. The van der Waals surface area contributed by atoms with Gasteiger partial charge in [-0.3, -0.25) is 4.90 Å². The van der Waals surface area contributed by atoms with E-state index in [0.717, 1.165) is 24.6 Å². The number of hydrogen-bond acceptors (Lipinski definition) is 10. The number of rotatable bonds is 9. The van der Waals surface area contributed by atoms with Crippen molar-refractivity contribution in [3.63, 3.8) is 0 Å². The molecule has 4 rings (SSSR count). The molecule has 2 aliphatic rings. The average molecular weight is 619 g/mol. The van der Waals surface area contributed by atoms with E-state index in [0.29, 0.717) is 22.7 Å². The number of halogens is 1. The molecule has 2 aromatic carbocycles. The van der Waals surface area contributed by atoms with Gasteiger partial charge in [0.05, 0.1) is 30.9 Å². The molecule has 2 heterocycles. The monoisotopic (exact) mass is 618 g/mol. The number of carbonyl (C=O) groups excluding carboxylic acids is 1. The van der Waals surface area contributed by atoms with Crippen molar-refractivity contribution in [2.75, 3.05) is 47.5 Å². The van der Waals surface area contributed by atoms with Crippen LogP contribution in [0.5, 0.6) is 5.75 Å². The van der Waals surface area contributed by atoms with Gasteiger partial charge in [-0.05, 0) is 52.7 Å². The molecule has 39 heavy (non-hydrogen) atoms. The lowest BCUT2D eigenvalue weighted by molar-refractivity contribution is 0.142. The first-order chi connectivity index (χ1) is 18.6. The minimum absolute atomic E-state index is 0.00322. The van der Waals surface area contributed by atoms with E-state index >= 15 is 0 Å². The van der Waals surface area contributed by atoms with E-state index in [-0.39, 0.29) is 18.3 Å². The van der Waals surface area contributed by atoms with E-state index < -0.39 is 45.9 Å². The molecule has 2 aliphatic heterocycles. The number of cyclic esters (lactones) is 1. The minimum Gasteiger partial charge on any atom is -0.442 e. The molecule has 0 radical (unpaired) electrons. The fourth-order valence-corrected chi connectivity index (χ4v) is 6.40. The molecule has 0 saturated carbocycles. The summed E-state index contributed by atoms with van der Waals surface area (Å²) in [7, 11) is -6.32. The number of carbonyl (C=O) groups is 1. The number of thioether (sulfide) groups is 1. The van der Waals surface area contributed by atoms with E-state index in [1.807, 2.05) is 16.7 Å². The van der Waals surface area contributed by atoms with Gasteiger partial charge in [0.15, 0.2) is 0 Å². The van der Waals surface area contributed by atoms with Crippen LogP contribution in [0.15, 0.2) is 42.5 Å². The molecule has 1 amide bonds. The highest BCUT2D eigenvalue weighted by Crippen LogP contribution is 2.55. The van der Waals surface area contributed by atoms with Gasteiger partial charge in [-0.25, -0.2) is 9.18 Å². The zero-order valence-corrected chi connectivity index (χ0v) is 23.9. The van der Waals surface area contributed by atoms with E-state index in [1.165, 1.54) is 35.2 Å². The number of nitrogens with zero attached hydrogens (tertiary/aromatic N) is 2. The molecule has 0 bridgehead atoms. The Morgan fingerprint density at radius 2 is 1.95 bits per heavy atom. The van der Waals surface area contributed by atoms with E-state index in [1.54, 1.807) is 12.1 Å². The molecule has 2 aromatic rings. The number of amides is 1. The molecule has 16 heteroatoms. The van der Waals surface area contributed by atoms with Crippen LogP contribution in [-0.2, 0) is 15.7 Å². The summed E-state index contributed by atoms with van der Waals surface area (Å²) in [5, 5.41) is 10.4. The Kier molecular flexibility index (Phi) is 9.95. The van der Waals surface area contributed by atoms with Gasteiger partial charge in [0.2, 0.25) is 0 Å². The summed E-state index contributed by atoms with van der Waals surface area (Å²) in [6.45, 7) is 1.89. The smallest absolute Gasteiger partial charge is 0.442 e. The molecule has 2 fully saturated rings. The van der Waals surface area contributed by atoms with Crippen LogP contribution in [0.4, 0.5) is 20.6 Å². The highest BCUT2D eigenvalue weighted by Gasteiger charge is 2.55. The second-order valence-electron chi connectivity index (χ2n) is 8.78. The van der Waals surface area contributed by atoms with Crippen LogP contribution < -0.4 is 19.9 Å². The number of benzene rings is 2. The van der Waals surface area contributed by atoms with Crippen LogP contribution in [0.1, 0.15) is 5.56 Å². The molecular formula is C23H27FN3O8P2S2+. The summed E-state index contributed by atoms with van der Waals surface area (Å²) < 4.78 is 37.1. The Morgan fingerprint density at radius 1 is 1.26 bits per heavy atom. The van der Waals surface area contributed by atoms with Gasteiger partial charge in [-0.1, -0.05) is 12.1 Å². The Labute approximate surface area is 235 Å². The third-order valence-corrected chi connectivity index (χ3v) is 9.93. The lowest BCUT2D eigenvalue weighted by atomic mass is 10.1. The molecule has 2 saturated heterocycles. The Hall–Kier alpha value is -2.15. The van der Waals surface area contributed by atoms with Crippen molar-refractivity contribution in [1.29, 1.82) is 0 Å². The summed E-state index contributed by atoms with van der Waals surface area (Å²) in [6.07, 6.45) is -1.61. The van der Waals surface area contributed by atoms with Gasteiger partial charge >= 0.3 is 19.2 Å². The number of aliphatic hydroxyl groups is 1. The van der Waals surface area contributed by atoms with E-state index in [9.17, 15) is 33.5 Å². The van der Waals surface area contributed by atoms with Gasteiger partial charge in [0.1, 0.15) is 17.7 Å². The van der Waals surface area contributed by atoms with Crippen molar-refractivity contribution >= 4 is 63.0 Å². The molecule has 210 valence electrons. The lowest BCUT2D eigenvalue weighted by Gasteiger charge is -2.29. The summed E-state index contributed by atoms with van der Waals surface area (Å²) >= 11 is 7.02. The first kappa shape index (κ1) is 29.8. The maximum atomic E-state index is 14.8. The molecule has 11 nitrogen and oxygen atoms in total. The predicted octanol–water partition coefficient (Wildman–Crippen LogP) is 2.88. The largest absolute Gasteiger partial charge is 0.551 e. The second kappa shape index (κ2) is 13.0. The molecule has 0 aromatic heterocycles. The Balaban J connectivity index is 1.27. The Bertz CT molecular complexity index is 1220. The molecule has 5 N–H and O–H groups in total. The summed E-state index contributed by atoms with van der Waals surface area (Å²) in [5.74, 6) is 1.81. The number of anilines is 2. The van der Waals surface area contributed by atoms with Gasteiger partial charge in [0.25, 0.3) is 13.6 Å². The van der Waals surface area contributed by atoms with Crippen LogP contribution >= 0.6 is 40.4 Å². The third kappa shape index (κ3) is 7.33. The zero-order valence-electron chi connectivity index (χ0n) is 20.5. The number of thiocarbonyl (C=S) groups is 1. The molecular weight excluding hydrogens is 591 g/mol. The Morgan fingerprint density at radius 3 is 2.56 bits per heavy atom. The summed E-state index contributed by atoms with van der Waals surface area (Å²) in [6, 6.07) is 10.7. The van der Waals surface area contributed by atoms with Crippen LogP contribution in [0.25, 0.3) is 0 Å². The first-order valence-corrected chi connectivity index (χ1v) is 15.8. The second-order valence-corrected chi connectivity index (χ2v) is 13.3. The molecule has 3 atom stereocenters. The van der Waals surface area contributed by atoms with Crippen molar-refractivity contribution in [3.8, 4) is 5.75 Å². The van der Waals surface area contributed by atoms with Gasteiger partial charge in [0, 0.05) is 24.6 Å². The zero-order chi connectivity index (χ0) is 28.2. The molecule has 0 spiro atoms. The highest BCUT2D eigenvalue weighted by atomic mass is 32.2. The van der Waals surface area contributed by atoms with Gasteiger partial charge in [-0.2, -0.15) is 16.7 Å². The molecule has 2 unspecified atom stereocenters. The normalized spacial score (nSPS) is 19.5. The summed E-state index contributed by atoms with van der Waals surface area (Å²) in [5.41, 5.74) is 1.29. The summed E-state index contributed by atoms with van der Waals surface area (Å²) in [4.78, 5) is 43.7. The van der Waals surface area contributed by atoms with Crippen molar-refractivity contribution < 1.29 is 43.0 Å². The maximum Gasteiger partial charge on any atom is 0.551 e. The standard InChI is InChI=1S/C23H26FN3O8P2S2/c24-19-11-16(3-6-20(19)26-7-9-39-10-8-26)27-14-18(35-22(27)28)13-25-21(38)34-17-4-1-15(2-5-17)12-23(29,36(30)31)37(32)33/h1-6,11,18,29-31H,7-10,12-14H2,(H-,25,32,33,38)/p+1/t18-,23?/m0/s1. The average Bonchev–Trinajstić information content (AvgIpc) is 3.29. The van der Waals surface area contributed by atoms with Crippen molar-refractivity contribution in [2.24, 2.45) is 0 Å². The first-order valence-electron chi connectivity index (χ1n) is 11.8. The van der Waals surface area contributed by atoms with Crippen molar-refractivity contribution in [3.05, 3.63) is 53.8 Å². The lowest BCUT2D eigenvalue weighted by Crippen LogP contribution is -2.36. The molecule has 0 aliphatic carbocycles. The van der Waals surface area contributed by atoms with Crippen LogP contribution in [0, 0.1) is 5.82 Å². The predicted molar refractivity (Wildman–Crippen MR) is 151 cm³/mol. The van der Waals surface area contributed by atoms with E-state index in [2.05, 4.69) is 5.32 Å². The van der Waals surface area contributed by atoms with Crippen molar-refractivity contribution in [2.45, 2.75) is 17.6 Å². The quantitative estimate of drug-likeness (QED) is 0.208. The topological polar surface area (TPSA) is 152 Å². The van der Waals surface area contributed by atoms with Crippen molar-refractivity contribution in [1.82, 2.24) is 5.32 Å². The number of ether oxygens (including phenoxy) is 2. The van der Waals surface area contributed by atoms with E-state index in [4.69, 9.17) is 21.7 Å². The highest BCUT2D eigenvalue weighted by molar-refractivity contribution is 7.99. The van der Waals surface area contributed by atoms with Crippen LogP contribution in [-0.4, -0.2) is 79.9 Å². The fraction of sp³-hybridized carbons (Fsp3) is 0.391. The SMILES string of the molecule is O=C1O[C@@H](CNC(=S)Oc2ccc(CC(O)(P(O)O)[P+](=O)O)cc2)CN1c1ccc(N2CCSCC2)c(F)c1. The van der Waals surface area contributed by atoms with Gasteiger partial charge < -0.3 is 34.6 Å². The number of nitrogens with one attached hydrogen (secondary N) is 1. The van der Waals surface area contributed by atoms with Crippen LogP contribution in [0.2, 0.25) is 0 Å². The third-order valence-electron chi connectivity index (χ3n) is 6.14. The van der Waals surface area contributed by atoms with Crippen LogP contribution in [0.3, 0.4) is 0 Å². The number of hydrogen-bond donors (Lipinski definition) is 5. The van der Waals surface area contributed by atoms with Gasteiger partial charge in [-0.15, -0.1) is 0 Å². The fourth-order valence-electron chi connectivity index (χ4n) is 4.07. The maximum absolute atomic E-state index is 14.8.